The molecule has 0 radical (unpaired) electrons. The molecule has 0 spiro atoms. The molecule has 62 heavy (non-hydrogen) atoms. The molecule has 8 aromatic rings. The number of amidine groups is 1. The summed E-state index contributed by atoms with van der Waals surface area (Å²) in [5.41, 5.74) is 18.3. The van der Waals surface area contributed by atoms with Crippen LogP contribution in [0.2, 0.25) is 0 Å². The minimum atomic E-state index is 0.680. The number of rotatable bonds is 10. The Morgan fingerprint density at radius 1 is 0.629 bits per heavy atom. The fourth-order valence-electron chi connectivity index (χ4n) is 8.09. The first-order valence-corrected chi connectivity index (χ1v) is 21.1. The second-order valence-electron chi connectivity index (χ2n) is 15.0. The molecule has 0 atom stereocenters. The predicted molar refractivity (Wildman–Crippen MR) is 265 cm³/mol. The molecule has 9 rings (SSSR count). The van der Waals surface area contributed by atoms with Crippen molar-refractivity contribution in [2.24, 2.45) is 9.98 Å². The van der Waals surface area contributed by atoms with Crippen molar-refractivity contribution in [1.82, 2.24) is 14.4 Å². The van der Waals surface area contributed by atoms with E-state index in [9.17, 15) is 0 Å². The molecule has 0 N–H and O–H groups in total. The van der Waals surface area contributed by atoms with Crippen molar-refractivity contribution in [2.45, 2.75) is 41.2 Å². The summed E-state index contributed by atoms with van der Waals surface area (Å²) in [7, 11) is 0. The molecule has 0 bridgehead atoms. The van der Waals surface area contributed by atoms with Crippen LogP contribution in [0.1, 0.15) is 60.1 Å². The molecule has 6 heteroatoms. The number of anilines is 1. The van der Waals surface area contributed by atoms with Crippen LogP contribution in [0.5, 0.6) is 0 Å². The Bertz CT molecular complexity index is 3020. The van der Waals surface area contributed by atoms with Crippen LogP contribution >= 0.6 is 0 Å². The number of hydrogen-bond acceptors (Lipinski definition) is 5. The number of allylic oxidation sites excluding steroid dienone is 1. The lowest BCUT2D eigenvalue weighted by atomic mass is 9.92. The maximum Gasteiger partial charge on any atom is 0.148 e. The van der Waals surface area contributed by atoms with Crippen molar-refractivity contribution in [3.8, 4) is 44.8 Å². The number of aliphatic imine (C=N–C) groups is 2. The van der Waals surface area contributed by atoms with Crippen molar-refractivity contribution in [1.29, 1.82) is 0 Å². The zero-order valence-electron chi connectivity index (χ0n) is 36.1. The van der Waals surface area contributed by atoms with E-state index < -0.39 is 0 Å². The second kappa shape index (κ2) is 17.9. The maximum absolute atomic E-state index is 5.20. The summed E-state index contributed by atoms with van der Waals surface area (Å²) in [6, 6.07) is 49.4. The first-order chi connectivity index (χ1) is 30.4. The highest BCUT2D eigenvalue weighted by Crippen LogP contribution is 2.38. The van der Waals surface area contributed by atoms with E-state index in [0.29, 0.717) is 6.54 Å². The van der Waals surface area contributed by atoms with E-state index in [-0.39, 0.29) is 0 Å². The molecule has 0 saturated carbocycles. The SMILES string of the molecule is C=Cc1nc(-c2ccc(-c3cc(-c4ccc(C)cc4)cc(-c4ccc(C5=Nc6ccccc6CN5c5ccccc5N=C)cc4)c3)cc2)n2c(/C=C\C)c(C)nc2c1C=C.CC. The van der Waals surface area contributed by atoms with Gasteiger partial charge in [-0.25, -0.2) is 15.0 Å². The van der Waals surface area contributed by atoms with E-state index >= 15 is 0 Å². The molecule has 0 amide bonds. The average Bonchev–Trinajstić information content (AvgIpc) is 3.66. The molecule has 2 aromatic heterocycles. The lowest BCUT2D eigenvalue weighted by Gasteiger charge is -2.31. The van der Waals surface area contributed by atoms with Crippen molar-refractivity contribution >= 4 is 53.5 Å². The zero-order valence-corrected chi connectivity index (χ0v) is 36.1. The van der Waals surface area contributed by atoms with Gasteiger partial charge in [0.2, 0.25) is 0 Å². The van der Waals surface area contributed by atoms with E-state index in [1.807, 2.05) is 64.1 Å². The first kappa shape index (κ1) is 41.1. The highest BCUT2D eigenvalue weighted by atomic mass is 15.2. The van der Waals surface area contributed by atoms with Gasteiger partial charge in [-0.3, -0.25) is 9.39 Å². The van der Waals surface area contributed by atoms with Crippen LogP contribution in [0.15, 0.2) is 169 Å². The van der Waals surface area contributed by atoms with Crippen LogP contribution in [-0.2, 0) is 6.54 Å². The molecular weight excluding hydrogens is 757 g/mol. The number of benzene rings is 6. The van der Waals surface area contributed by atoms with Crippen LogP contribution in [-0.4, -0.2) is 26.9 Å². The fraction of sp³-hybridized carbons (Fsp3) is 0.107. The number of hydrogen-bond donors (Lipinski definition) is 0. The molecule has 0 fully saturated rings. The zero-order chi connectivity index (χ0) is 43.3. The number of fused-ring (bicyclic) bond motifs is 2. The first-order valence-electron chi connectivity index (χ1n) is 21.1. The molecular formula is C56H50N6. The molecule has 1 aliphatic rings. The Kier molecular flexibility index (Phi) is 11.8. The largest absolute Gasteiger partial charge is 0.319 e. The summed E-state index contributed by atoms with van der Waals surface area (Å²) >= 11 is 0. The van der Waals surface area contributed by atoms with Gasteiger partial charge in [-0.1, -0.05) is 148 Å². The van der Waals surface area contributed by atoms with Crippen molar-refractivity contribution in [3.63, 3.8) is 0 Å². The lowest BCUT2D eigenvalue weighted by molar-refractivity contribution is 0.977. The van der Waals surface area contributed by atoms with Gasteiger partial charge in [0.1, 0.15) is 17.3 Å². The average molecular weight is 807 g/mol. The van der Waals surface area contributed by atoms with Gasteiger partial charge in [0.15, 0.2) is 0 Å². The Balaban J connectivity index is 0.00000261. The lowest BCUT2D eigenvalue weighted by Crippen LogP contribution is -2.33. The number of nitrogens with zero attached hydrogens (tertiary/aromatic N) is 6. The Morgan fingerprint density at radius 2 is 1.19 bits per heavy atom. The quantitative estimate of drug-likeness (QED) is 0.129. The standard InChI is InChI=1S/C54H44N6.C2H6/c1-7-14-50-36(5)56-54-46(8-2)47(9-3)57-53(60(50)54)41-29-25-39(26-30-41)45-32-43(37-21-19-35(4)20-22-37)31-44(33-45)38-23-27-40(28-24-38)52-58-48-16-11-10-15-42(48)34-59(52)51-18-13-12-17-49(51)55-6;1-2/h7-33H,2-3,6,34H2,1,4-5H3;1-2H3/b14-7-;. The third kappa shape index (κ3) is 7.75. The fourth-order valence-corrected chi connectivity index (χ4v) is 8.09. The van der Waals surface area contributed by atoms with Gasteiger partial charge >= 0.3 is 0 Å². The van der Waals surface area contributed by atoms with E-state index in [2.05, 4.69) is 162 Å². The number of imidazole rings is 1. The van der Waals surface area contributed by atoms with Gasteiger partial charge < -0.3 is 4.90 Å². The summed E-state index contributed by atoms with van der Waals surface area (Å²) in [5, 5.41) is 0. The molecule has 0 saturated heterocycles. The third-order valence-electron chi connectivity index (χ3n) is 11.2. The monoisotopic (exact) mass is 806 g/mol. The second-order valence-corrected chi connectivity index (χ2v) is 15.0. The van der Waals surface area contributed by atoms with Gasteiger partial charge in [-0.05, 0) is 115 Å². The summed E-state index contributed by atoms with van der Waals surface area (Å²) < 4.78 is 2.13. The third-order valence-corrected chi connectivity index (χ3v) is 11.2. The minimum Gasteiger partial charge on any atom is -0.319 e. The summed E-state index contributed by atoms with van der Waals surface area (Å²) in [4.78, 5) is 21.8. The van der Waals surface area contributed by atoms with Crippen molar-refractivity contribution in [3.05, 3.63) is 198 Å². The highest BCUT2D eigenvalue weighted by molar-refractivity contribution is 6.13. The highest BCUT2D eigenvalue weighted by Gasteiger charge is 2.25. The molecule has 3 heterocycles. The molecule has 0 aliphatic carbocycles. The van der Waals surface area contributed by atoms with Gasteiger partial charge in [-0.2, -0.15) is 0 Å². The van der Waals surface area contributed by atoms with Crippen molar-refractivity contribution < 1.29 is 0 Å². The van der Waals surface area contributed by atoms with Gasteiger partial charge in [0.05, 0.1) is 40.7 Å². The van der Waals surface area contributed by atoms with Crippen molar-refractivity contribution in [2.75, 3.05) is 4.90 Å². The molecule has 6 aromatic carbocycles. The Hall–Kier alpha value is -7.70. The number of aryl methyl sites for hydroxylation is 2. The summed E-state index contributed by atoms with van der Waals surface area (Å²) in [5.74, 6) is 1.68. The summed E-state index contributed by atoms with van der Waals surface area (Å²) in [6.07, 6.45) is 7.69. The van der Waals surface area contributed by atoms with Crippen LogP contribution < -0.4 is 4.90 Å². The minimum absolute atomic E-state index is 0.680. The van der Waals surface area contributed by atoms with Gasteiger partial charge in [0.25, 0.3) is 0 Å². The van der Waals surface area contributed by atoms with Gasteiger partial charge in [0, 0.05) is 16.7 Å². The van der Waals surface area contributed by atoms with Crippen LogP contribution in [0.3, 0.4) is 0 Å². The summed E-state index contributed by atoms with van der Waals surface area (Å²) in [6.45, 7) is 22.8. The van der Waals surface area contributed by atoms with E-state index in [4.69, 9.17) is 15.0 Å². The van der Waals surface area contributed by atoms with E-state index in [1.165, 1.54) is 5.56 Å². The predicted octanol–water partition coefficient (Wildman–Crippen LogP) is 14.8. The van der Waals surface area contributed by atoms with E-state index in [0.717, 1.165) is 107 Å². The number of aromatic nitrogens is 3. The van der Waals surface area contributed by atoms with Crippen LogP contribution in [0.4, 0.5) is 17.1 Å². The van der Waals surface area contributed by atoms with Crippen LogP contribution in [0.25, 0.3) is 68.6 Å². The Labute approximate surface area is 365 Å². The molecule has 6 nitrogen and oxygen atoms in total. The van der Waals surface area contributed by atoms with Gasteiger partial charge in [-0.15, -0.1) is 0 Å². The molecule has 1 aliphatic heterocycles. The molecule has 304 valence electrons. The number of para-hydroxylation sites is 3. The van der Waals surface area contributed by atoms with Crippen LogP contribution in [0, 0.1) is 13.8 Å². The Morgan fingerprint density at radius 3 is 1.79 bits per heavy atom. The normalized spacial score (nSPS) is 12.1. The maximum atomic E-state index is 5.20. The molecule has 0 unspecified atom stereocenters. The topological polar surface area (TPSA) is 58.2 Å². The van der Waals surface area contributed by atoms with E-state index in [1.54, 1.807) is 6.08 Å². The smallest absolute Gasteiger partial charge is 0.148 e.